The van der Waals surface area contributed by atoms with E-state index in [-0.39, 0.29) is 6.61 Å². The highest BCUT2D eigenvalue weighted by Gasteiger charge is 2.18. The van der Waals surface area contributed by atoms with E-state index in [0.717, 1.165) is 22.6 Å². The van der Waals surface area contributed by atoms with Gasteiger partial charge >= 0.3 is 0 Å². The van der Waals surface area contributed by atoms with Crippen LogP contribution in [0.4, 0.5) is 0 Å². The first-order valence-corrected chi connectivity index (χ1v) is 10.1. The van der Waals surface area contributed by atoms with Gasteiger partial charge in [0.05, 0.1) is 12.2 Å². The van der Waals surface area contributed by atoms with Crippen LogP contribution in [-0.4, -0.2) is 29.6 Å². The molecule has 0 atom stereocenters. The van der Waals surface area contributed by atoms with Gasteiger partial charge in [-0.05, 0) is 57.5 Å². The number of para-hydroxylation sites is 3. The molecule has 2 amide bonds. The molecule has 3 aromatic rings. The van der Waals surface area contributed by atoms with E-state index in [0.29, 0.717) is 23.7 Å². The van der Waals surface area contributed by atoms with Gasteiger partial charge in [0.1, 0.15) is 0 Å². The van der Waals surface area contributed by atoms with E-state index >= 15 is 0 Å². The molecule has 1 aromatic heterocycles. The van der Waals surface area contributed by atoms with Gasteiger partial charge in [0, 0.05) is 17.1 Å². The van der Waals surface area contributed by atoms with Crippen LogP contribution < -0.4 is 20.3 Å². The third-order valence-corrected chi connectivity index (χ3v) is 4.86. The van der Waals surface area contributed by atoms with Gasteiger partial charge in [-0.2, -0.15) is 0 Å². The second-order valence-corrected chi connectivity index (χ2v) is 7.08. The van der Waals surface area contributed by atoms with Crippen LogP contribution in [0.15, 0.2) is 54.6 Å². The van der Waals surface area contributed by atoms with Gasteiger partial charge in [-0.3, -0.25) is 20.4 Å². The molecule has 0 saturated heterocycles. The Balaban J connectivity index is 1.62. The Morgan fingerprint density at radius 3 is 2.23 bits per heavy atom. The fraction of sp³-hybridized carbons (Fsp3) is 0.250. The lowest BCUT2D eigenvalue weighted by molar-refractivity contribution is -0.123. The smallest absolute Gasteiger partial charge is 0.276 e. The Hall–Kier alpha value is -3.74. The first-order valence-electron chi connectivity index (χ1n) is 10.1. The number of hydrogen-bond acceptors (Lipinski definition) is 4. The molecule has 0 aliphatic rings. The summed E-state index contributed by atoms with van der Waals surface area (Å²) in [4.78, 5) is 24.8. The molecule has 162 valence electrons. The number of amides is 2. The number of nitrogens with zero attached hydrogens (tertiary/aromatic N) is 1. The van der Waals surface area contributed by atoms with E-state index in [4.69, 9.17) is 9.47 Å². The number of ether oxygens (including phenoxy) is 2. The summed E-state index contributed by atoms with van der Waals surface area (Å²) in [6.45, 7) is 7.95. The topological polar surface area (TPSA) is 81.6 Å². The van der Waals surface area contributed by atoms with Gasteiger partial charge in [-0.15, -0.1) is 0 Å². The van der Waals surface area contributed by atoms with E-state index in [1.807, 2.05) is 62.6 Å². The molecule has 0 aliphatic carbocycles. The summed E-state index contributed by atoms with van der Waals surface area (Å²) < 4.78 is 13.0. The molecule has 0 fully saturated rings. The summed E-state index contributed by atoms with van der Waals surface area (Å²) in [6.07, 6.45) is 0. The number of carbonyl (C=O) groups is 2. The van der Waals surface area contributed by atoms with Crippen molar-refractivity contribution in [3.8, 4) is 17.2 Å². The predicted octanol–water partition coefficient (Wildman–Crippen LogP) is 3.64. The highest BCUT2D eigenvalue weighted by Crippen LogP contribution is 2.26. The summed E-state index contributed by atoms with van der Waals surface area (Å²) in [5.41, 5.74) is 9.19. The Morgan fingerprint density at radius 1 is 0.903 bits per heavy atom. The zero-order chi connectivity index (χ0) is 22.4. The first kappa shape index (κ1) is 22.0. The van der Waals surface area contributed by atoms with Crippen LogP contribution in [0.3, 0.4) is 0 Å². The molecule has 0 spiro atoms. The molecular formula is C24H27N3O4. The Labute approximate surface area is 182 Å². The summed E-state index contributed by atoms with van der Waals surface area (Å²) in [5, 5.41) is 0. The lowest BCUT2D eigenvalue weighted by atomic mass is 10.2. The average Bonchev–Trinajstić information content (AvgIpc) is 3.06. The van der Waals surface area contributed by atoms with Crippen molar-refractivity contribution in [1.29, 1.82) is 0 Å². The minimum absolute atomic E-state index is 0.257. The maximum absolute atomic E-state index is 12.7. The zero-order valence-electron chi connectivity index (χ0n) is 18.2. The fourth-order valence-corrected chi connectivity index (χ4v) is 3.40. The molecule has 3 rings (SSSR count). The number of nitrogens with one attached hydrogen (secondary N) is 2. The van der Waals surface area contributed by atoms with Crippen molar-refractivity contribution >= 4 is 11.8 Å². The number of aryl methyl sites for hydroxylation is 2. The molecule has 1 heterocycles. The molecule has 31 heavy (non-hydrogen) atoms. The van der Waals surface area contributed by atoms with Crippen LogP contribution in [0.2, 0.25) is 0 Å². The van der Waals surface area contributed by atoms with Gasteiger partial charge in [-0.25, -0.2) is 0 Å². The summed E-state index contributed by atoms with van der Waals surface area (Å²) >= 11 is 0. The molecule has 2 aromatic carbocycles. The van der Waals surface area contributed by atoms with Crippen LogP contribution in [0.1, 0.15) is 34.2 Å². The van der Waals surface area contributed by atoms with Gasteiger partial charge in [0.15, 0.2) is 18.1 Å². The average molecular weight is 421 g/mol. The molecule has 0 aliphatic heterocycles. The lowest BCUT2D eigenvalue weighted by Gasteiger charge is -2.13. The third-order valence-electron chi connectivity index (χ3n) is 4.86. The van der Waals surface area contributed by atoms with E-state index in [9.17, 15) is 9.59 Å². The van der Waals surface area contributed by atoms with Crippen molar-refractivity contribution in [2.45, 2.75) is 27.7 Å². The van der Waals surface area contributed by atoms with E-state index < -0.39 is 11.8 Å². The van der Waals surface area contributed by atoms with E-state index in [1.165, 1.54) is 0 Å². The quantitative estimate of drug-likeness (QED) is 0.571. The van der Waals surface area contributed by atoms with Crippen molar-refractivity contribution in [2.75, 3.05) is 13.2 Å². The number of rotatable bonds is 7. The second kappa shape index (κ2) is 9.84. The summed E-state index contributed by atoms with van der Waals surface area (Å²) in [5.74, 6) is 0.154. The maximum Gasteiger partial charge on any atom is 0.276 e. The zero-order valence-corrected chi connectivity index (χ0v) is 18.2. The minimum Gasteiger partial charge on any atom is -0.490 e. The monoisotopic (exact) mass is 421 g/mol. The molecule has 2 N–H and O–H groups in total. The van der Waals surface area contributed by atoms with E-state index in [2.05, 4.69) is 10.9 Å². The highest BCUT2D eigenvalue weighted by atomic mass is 16.5. The van der Waals surface area contributed by atoms with Crippen molar-refractivity contribution in [3.05, 3.63) is 77.1 Å². The van der Waals surface area contributed by atoms with Crippen LogP contribution >= 0.6 is 0 Å². The Bertz CT molecular complexity index is 1090. The standard InChI is InChI=1S/C24H27N3O4/c1-5-30-21-12-8-9-13-22(21)31-15-23(28)25-26-24(29)19-14-17(3)27(18(19)4)20-11-7-6-10-16(20)2/h6-14H,5,15H2,1-4H3,(H,25,28)(H,26,29). The van der Waals surface area contributed by atoms with Gasteiger partial charge < -0.3 is 14.0 Å². The highest BCUT2D eigenvalue weighted by molar-refractivity contribution is 5.97. The Kier molecular flexibility index (Phi) is 6.97. The fourth-order valence-electron chi connectivity index (χ4n) is 3.40. The van der Waals surface area contributed by atoms with Crippen LogP contribution in [0.25, 0.3) is 5.69 Å². The number of hydrazine groups is 1. The summed E-state index contributed by atoms with van der Waals surface area (Å²) in [7, 11) is 0. The predicted molar refractivity (Wildman–Crippen MR) is 119 cm³/mol. The minimum atomic E-state index is -0.479. The van der Waals surface area contributed by atoms with Crippen molar-refractivity contribution in [2.24, 2.45) is 0 Å². The third kappa shape index (κ3) is 5.06. The van der Waals surface area contributed by atoms with Crippen molar-refractivity contribution < 1.29 is 19.1 Å². The normalized spacial score (nSPS) is 10.5. The van der Waals surface area contributed by atoms with Gasteiger partial charge in [0.2, 0.25) is 0 Å². The van der Waals surface area contributed by atoms with Crippen LogP contribution in [0.5, 0.6) is 11.5 Å². The van der Waals surface area contributed by atoms with Gasteiger partial charge in [0.25, 0.3) is 11.8 Å². The molecule has 0 unspecified atom stereocenters. The number of benzene rings is 2. The molecule has 7 heteroatoms. The maximum atomic E-state index is 12.7. The number of hydrogen-bond donors (Lipinski definition) is 2. The van der Waals surface area contributed by atoms with Crippen molar-refractivity contribution in [1.82, 2.24) is 15.4 Å². The molecule has 0 radical (unpaired) electrons. The largest absolute Gasteiger partial charge is 0.490 e. The lowest BCUT2D eigenvalue weighted by Crippen LogP contribution is -2.44. The number of carbonyl (C=O) groups excluding carboxylic acids is 2. The first-order chi connectivity index (χ1) is 14.9. The molecular weight excluding hydrogens is 394 g/mol. The van der Waals surface area contributed by atoms with Gasteiger partial charge in [-0.1, -0.05) is 30.3 Å². The second-order valence-electron chi connectivity index (χ2n) is 7.08. The van der Waals surface area contributed by atoms with E-state index in [1.54, 1.807) is 24.3 Å². The molecule has 7 nitrogen and oxygen atoms in total. The summed E-state index contributed by atoms with van der Waals surface area (Å²) in [6, 6.07) is 16.9. The van der Waals surface area contributed by atoms with Crippen LogP contribution in [-0.2, 0) is 4.79 Å². The number of aromatic nitrogens is 1. The molecule has 0 bridgehead atoms. The molecule has 0 saturated carbocycles. The Morgan fingerprint density at radius 2 is 1.55 bits per heavy atom. The van der Waals surface area contributed by atoms with Crippen LogP contribution in [0, 0.1) is 20.8 Å². The SMILES string of the molecule is CCOc1ccccc1OCC(=O)NNC(=O)c1cc(C)n(-c2ccccc2C)c1C. The van der Waals surface area contributed by atoms with Crippen molar-refractivity contribution in [3.63, 3.8) is 0 Å².